The molecule has 3 aromatic carbocycles. The molecule has 4 nitrogen and oxygen atoms in total. The molecule has 0 atom stereocenters. The van der Waals surface area contributed by atoms with Gasteiger partial charge in [0.25, 0.3) is 0 Å². The highest BCUT2D eigenvalue weighted by Gasteiger charge is 2.09. The molecule has 30 heavy (non-hydrogen) atoms. The Balaban J connectivity index is 1.60. The van der Waals surface area contributed by atoms with Crippen molar-refractivity contribution >= 4 is 35.1 Å². The molecule has 4 rings (SSSR count). The molecule has 6 heteroatoms. The fourth-order valence-electron chi connectivity index (χ4n) is 3.01. The van der Waals surface area contributed by atoms with Crippen molar-refractivity contribution in [2.75, 3.05) is 0 Å². The molecule has 0 aliphatic heterocycles. The number of aromatic amines is 1. The lowest BCUT2D eigenvalue weighted by atomic mass is 10.1. The first kappa shape index (κ1) is 20.0. The third-order valence-corrected chi connectivity index (χ3v) is 5.08. The third-order valence-electron chi connectivity index (χ3n) is 4.58. The number of H-pyrrole nitrogens is 1. The van der Waals surface area contributed by atoms with Crippen molar-refractivity contribution in [3.63, 3.8) is 0 Å². The van der Waals surface area contributed by atoms with Crippen LogP contribution >= 0.6 is 23.2 Å². The summed E-state index contributed by atoms with van der Waals surface area (Å²) in [6.45, 7) is 0. The number of halogens is 2. The third kappa shape index (κ3) is 4.46. The quantitative estimate of drug-likeness (QED) is 0.307. The van der Waals surface area contributed by atoms with E-state index in [2.05, 4.69) is 4.98 Å². The number of rotatable bonds is 5. The molecule has 0 radical (unpaired) electrons. The molecule has 0 aliphatic rings. The summed E-state index contributed by atoms with van der Waals surface area (Å²) in [5.41, 5.74) is 3.17. The predicted octanol–water partition coefficient (Wildman–Crippen LogP) is 6.04. The van der Waals surface area contributed by atoms with Crippen LogP contribution in [-0.4, -0.2) is 15.3 Å². The number of aromatic nitrogens is 2. The maximum absolute atomic E-state index is 12.6. The number of nitrogens with one attached hydrogen (secondary N) is 1. The van der Waals surface area contributed by atoms with E-state index >= 15 is 0 Å². The van der Waals surface area contributed by atoms with Gasteiger partial charge in [-0.2, -0.15) is 0 Å². The van der Waals surface area contributed by atoms with E-state index in [0.717, 1.165) is 11.1 Å². The van der Waals surface area contributed by atoms with E-state index < -0.39 is 0 Å². The zero-order chi connectivity index (χ0) is 21.1. The van der Waals surface area contributed by atoms with E-state index in [9.17, 15) is 9.59 Å². The second-order valence-electron chi connectivity index (χ2n) is 6.65. The Morgan fingerprint density at radius 1 is 0.900 bits per heavy atom. The summed E-state index contributed by atoms with van der Waals surface area (Å²) in [6, 6.07) is 21.3. The molecule has 0 saturated heterocycles. The number of hydrogen-bond donors (Lipinski definition) is 1. The molecule has 0 unspecified atom stereocenters. The van der Waals surface area contributed by atoms with Crippen molar-refractivity contribution in [2.24, 2.45) is 0 Å². The summed E-state index contributed by atoms with van der Waals surface area (Å²) in [7, 11) is 0. The van der Waals surface area contributed by atoms with E-state index in [-0.39, 0.29) is 11.5 Å². The second-order valence-corrected chi connectivity index (χ2v) is 7.52. The summed E-state index contributed by atoms with van der Waals surface area (Å²) >= 11 is 11.8. The van der Waals surface area contributed by atoms with Crippen LogP contribution in [0.15, 0.2) is 89.9 Å². The van der Waals surface area contributed by atoms with Crippen molar-refractivity contribution < 1.29 is 4.79 Å². The molecule has 0 amide bonds. The van der Waals surface area contributed by atoms with Gasteiger partial charge in [0, 0.05) is 21.8 Å². The number of carbonyl (C=O) groups excluding carboxylic acids is 1. The minimum atomic E-state index is -0.291. The number of hydrogen-bond acceptors (Lipinski definition) is 2. The van der Waals surface area contributed by atoms with Gasteiger partial charge >= 0.3 is 5.69 Å². The number of imidazole rings is 1. The number of benzene rings is 3. The van der Waals surface area contributed by atoms with Crippen LogP contribution < -0.4 is 5.69 Å². The predicted molar refractivity (Wildman–Crippen MR) is 122 cm³/mol. The van der Waals surface area contributed by atoms with E-state index in [1.54, 1.807) is 60.8 Å². The van der Waals surface area contributed by atoms with Crippen LogP contribution in [0, 0.1) is 0 Å². The molecule has 1 aromatic heterocycles. The first-order valence-corrected chi connectivity index (χ1v) is 9.91. The zero-order valence-electron chi connectivity index (χ0n) is 15.7. The maximum Gasteiger partial charge on any atom is 0.330 e. The van der Waals surface area contributed by atoms with E-state index in [1.807, 2.05) is 24.3 Å². The van der Waals surface area contributed by atoms with Crippen LogP contribution in [0.3, 0.4) is 0 Å². The van der Waals surface area contributed by atoms with Gasteiger partial charge in [-0.05, 0) is 53.6 Å². The van der Waals surface area contributed by atoms with Gasteiger partial charge in [-0.15, -0.1) is 0 Å². The van der Waals surface area contributed by atoms with Crippen molar-refractivity contribution in [2.45, 2.75) is 0 Å². The lowest BCUT2D eigenvalue weighted by molar-refractivity contribution is 0.104. The summed E-state index contributed by atoms with van der Waals surface area (Å²) in [6.07, 6.45) is 4.94. The summed E-state index contributed by atoms with van der Waals surface area (Å²) in [4.78, 5) is 27.9. The average Bonchev–Trinajstić information content (AvgIpc) is 3.15. The number of carbonyl (C=O) groups is 1. The van der Waals surface area contributed by atoms with Gasteiger partial charge in [-0.3, -0.25) is 9.36 Å². The normalized spacial score (nSPS) is 11.1. The first-order valence-electron chi connectivity index (χ1n) is 9.16. The Labute approximate surface area is 183 Å². The van der Waals surface area contributed by atoms with Gasteiger partial charge in [-0.25, -0.2) is 4.79 Å². The fraction of sp³-hybridized carbons (Fsp3) is 0. The van der Waals surface area contributed by atoms with Gasteiger partial charge in [0.1, 0.15) is 0 Å². The molecule has 148 valence electrons. The Morgan fingerprint density at radius 3 is 2.27 bits per heavy atom. The Morgan fingerprint density at radius 2 is 1.57 bits per heavy atom. The summed E-state index contributed by atoms with van der Waals surface area (Å²) in [5.74, 6) is -0.159. The summed E-state index contributed by atoms with van der Waals surface area (Å²) < 4.78 is 1.48. The molecular weight excluding hydrogens is 419 g/mol. The van der Waals surface area contributed by atoms with Gasteiger partial charge in [0.15, 0.2) is 5.78 Å². The standard InChI is InChI=1S/C24H16Cl2N2O2/c25-19-9-4-16(5-10-19)6-13-23(29)18-2-1-3-21(14-18)28-15-22(27-24(28)30)17-7-11-20(26)12-8-17/h1-15H,(H,27,30). The maximum atomic E-state index is 12.6. The van der Waals surface area contributed by atoms with E-state index in [1.165, 1.54) is 10.6 Å². The van der Waals surface area contributed by atoms with Crippen LogP contribution in [0.2, 0.25) is 10.0 Å². The van der Waals surface area contributed by atoms with E-state index in [4.69, 9.17) is 23.2 Å². The van der Waals surface area contributed by atoms with Crippen LogP contribution in [0.25, 0.3) is 23.0 Å². The van der Waals surface area contributed by atoms with Crippen molar-refractivity contribution in [1.82, 2.24) is 9.55 Å². The van der Waals surface area contributed by atoms with Crippen molar-refractivity contribution in [1.29, 1.82) is 0 Å². The van der Waals surface area contributed by atoms with Gasteiger partial charge in [0.05, 0.1) is 11.4 Å². The largest absolute Gasteiger partial charge is 0.330 e. The first-order chi connectivity index (χ1) is 14.5. The molecule has 0 fully saturated rings. The smallest absolute Gasteiger partial charge is 0.305 e. The minimum absolute atomic E-state index is 0.159. The minimum Gasteiger partial charge on any atom is -0.305 e. The van der Waals surface area contributed by atoms with Gasteiger partial charge < -0.3 is 4.98 Å². The van der Waals surface area contributed by atoms with Gasteiger partial charge in [0.2, 0.25) is 0 Å². The molecule has 0 spiro atoms. The molecule has 0 aliphatic carbocycles. The second kappa shape index (κ2) is 8.57. The highest BCUT2D eigenvalue weighted by molar-refractivity contribution is 6.30. The van der Waals surface area contributed by atoms with Crippen molar-refractivity contribution in [3.8, 4) is 16.9 Å². The highest BCUT2D eigenvalue weighted by Crippen LogP contribution is 2.20. The van der Waals surface area contributed by atoms with E-state index in [0.29, 0.717) is 27.0 Å². The molecular formula is C24H16Cl2N2O2. The lowest BCUT2D eigenvalue weighted by Crippen LogP contribution is -2.14. The number of nitrogens with zero attached hydrogens (tertiary/aromatic N) is 1. The van der Waals surface area contributed by atoms with Gasteiger partial charge in [-0.1, -0.05) is 65.7 Å². The lowest BCUT2D eigenvalue weighted by Gasteiger charge is -2.03. The molecule has 0 bridgehead atoms. The number of ketones is 1. The molecule has 0 saturated carbocycles. The van der Waals surface area contributed by atoms with Crippen LogP contribution in [0.1, 0.15) is 15.9 Å². The fourth-order valence-corrected chi connectivity index (χ4v) is 3.27. The molecule has 1 heterocycles. The Kier molecular flexibility index (Phi) is 5.70. The molecule has 1 N–H and O–H groups in total. The Hall–Kier alpha value is -3.34. The number of allylic oxidation sites excluding steroid dienone is 1. The molecule has 4 aromatic rings. The summed E-state index contributed by atoms with van der Waals surface area (Å²) in [5, 5.41) is 1.26. The monoisotopic (exact) mass is 434 g/mol. The van der Waals surface area contributed by atoms with Crippen LogP contribution in [-0.2, 0) is 0 Å². The Bertz CT molecular complexity index is 1280. The van der Waals surface area contributed by atoms with Crippen LogP contribution in [0.4, 0.5) is 0 Å². The topological polar surface area (TPSA) is 54.9 Å². The SMILES string of the molecule is O=C(C=Cc1ccc(Cl)cc1)c1cccc(-n2cc(-c3ccc(Cl)cc3)[nH]c2=O)c1. The highest BCUT2D eigenvalue weighted by atomic mass is 35.5. The average molecular weight is 435 g/mol. The van der Waals surface area contributed by atoms with Crippen LogP contribution in [0.5, 0.6) is 0 Å². The zero-order valence-corrected chi connectivity index (χ0v) is 17.2. The van der Waals surface area contributed by atoms with Crippen molar-refractivity contribution in [3.05, 3.63) is 117 Å².